The van der Waals surface area contributed by atoms with Gasteiger partial charge in [0.2, 0.25) is 0 Å². The van der Waals surface area contributed by atoms with Gasteiger partial charge in [0.25, 0.3) is 0 Å². The van der Waals surface area contributed by atoms with E-state index in [0.29, 0.717) is 17.4 Å². The molecule has 0 bridgehead atoms. The number of halogens is 1. The van der Waals surface area contributed by atoms with Gasteiger partial charge in [-0.1, -0.05) is 40.2 Å². The highest BCUT2D eigenvalue weighted by atomic mass is 79.9. The summed E-state index contributed by atoms with van der Waals surface area (Å²) in [6.45, 7) is 0. The maximum atomic E-state index is 11.3. The number of hydrogen-bond donors (Lipinski definition) is 2. The minimum Gasteiger partial charge on any atom is -0.478 e. The molecule has 0 amide bonds. The summed E-state index contributed by atoms with van der Waals surface area (Å²) in [6.07, 6.45) is 5.53. The third kappa shape index (κ3) is 2.47. The third-order valence-electron chi connectivity index (χ3n) is 4.82. The lowest BCUT2D eigenvalue weighted by Gasteiger charge is -2.37. The lowest BCUT2D eigenvalue weighted by molar-refractivity contribution is 0.0696. The van der Waals surface area contributed by atoms with Crippen LogP contribution in [0.5, 0.6) is 0 Å². The van der Waals surface area contributed by atoms with E-state index >= 15 is 0 Å². The van der Waals surface area contributed by atoms with Crippen molar-refractivity contribution < 1.29 is 9.90 Å². The Morgan fingerprint density at radius 3 is 2.91 bits per heavy atom. The first kappa shape index (κ1) is 14.5. The predicted octanol–water partition coefficient (Wildman–Crippen LogP) is 4.97. The summed E-state index contributed by atoms with van der Waals surface area (Å²) in [6, 6.07) is 13.7. The normalized spacial score (nSPS) is 24.7. The lowest BCUT2D eigenvalue weighted by atomic mass is 9.77. The van der Waals surface area contributed by atoms with Crippen molar-refractivity contribution in [2.24, 2.45) is 5.92 Å². The number of carboxylic acids is 1. The molecule has 1 heterocycles. The van der Waals surface area contributed by atoms with Crippen LogP contribution in [0.1, 0.15) is 39.9 Å². The molecule has 3 atom stereocenters. The summed E-state index contributed by atoms with van der Waals surface area (Å²) < 4.78 is 1.09. The van der Waals surface area contributed by atoms with E-state index in [1.807, 2.05) is 18.2 Å². The minimum atomic E-state index is -0.881. The van der Waals surface area contributed by atoms with Gasteiger partial charge in [0.05, 0.1) is 11.6 Å². The Kier molecular flexibility index (Phi) is 3.49. The Bertz CT molecular complexity index is 815. The van der Waals surface area contributed by atoms with Crippen molar-refractivity contribution in [1.82, 2.24) is 0 Å². The van der Waals surface area contributed by atoms with E-state index in [0.717, 1.165) is 22.1 Å². The summed E-state index contributed by atoms with van der Waals surface area (Å²) in [5, 5.41) is 12.9. The third-order valence-corrected chi connectivity index (χ3v) is 5.31. The van der Waals surface area contributed by atoms with E-state index in [9.17, 15) is 9.90 Å². The molecule has 0 spiro atoms. The van der Waals surface area contributed by atoms with Crippen LogP contribution in [0.4, 0.5) is 5.69 Å². The summed E-state index contributed by atoms with van der Waals surface area (Å²) in [4.78, 5) is 11.3. The zero-order valence-corrected chi connectivity index (χ0v) is 14.0. The molecule has 2 aromatic carbocycles. The first-order chi connectivity index (χ1) is 11.1. The minimum absolute atomic E-state index is 0.128. The first-order valence-corrected chi connectivity index (χ1v) is 8.48. The Morgan fingerprint density at radius 1 is 1.22 bits per heavy atom. The van der Waals surface area contributed by atoms with Gasteiger partial charge in [-0.05, 0) is 53.8 Å². The van der Waals surface area contributed by atoms with Gasteiger partial charge < -0.3 is 10.4 Å². The fraction of sp³-hybridized carbons (Fsp3) is 0.211. The summed E-state index contributed by atoms with van der Waals surface area (Å²) >= 11 is 3.56. The smallest absolute Gasteiger partial charge is 0.335 e. The number of hydrogen-bond acceptors (Lipinski definition) is 2. The molecule has 0 saturated heterocycles. The highest BCUT2D eigenvalue weighted by molar-refractivity contribution is 9.10. The Balaban J connectivity index is 1.78. The van der Waals surface area contributed by atoms with Crippen LogP contribution in [-0.2, 0) is 0 Å². The molecule has 2 aromatic rings. The van der Waals surface area contributed by atoms with Crippen molar-refractivity contribution >= 4 is 27.6 Å². The van der Waals surface area contributed by atoms with Gasteiger partial charge in [0, 0.05) is 16.1 Å². The topological polar surface area (TPSA) is 49.3 Å². The number of carboxylic acid groups (broad SMARTS) is 1. The van der Waals surface area contributed by atoms with Crippen LogP contribution in [0, 0.1) is 5.92 Å². The average Bonchev–Trinajstić information content (AvgIpc) is 3.04. The number of rotatable bonds is 2. The van der Waals surface area contributed by atoms with E-state index in [1.165, 1.54) is 5.56 Å². The number of nitrogens with one attached hydrogen (secondary N) is 1. The Hall–Kier alpha value is -2.07. The fourth-order valence-corrected chi connectivity index (χ4v) is 4.14. The van der Waals surface area contributed by atoms with Gasteiger partial charge in [-0.15, -0.1) is 0 Å². The molecule has 23 heavy (non-hydrogen) atoms. The molecule has 4 heteroatoms. The number of aromatic carboxylic acids is 1. The van der Waals surface area contributed by atoms with E-state index in [-0.39, 0.29) is 6.04 Å². The molecule has 0 unspecified atom stereocenters. The summed E-state index contributed by atoms with van der Waals surface area (Å²) in [5.74, 6) is -0.0869. The van der Waals surface area contributed by atoms with Crippen LogP contribution in [0.3, 0.4) is 0 Å². The molecule has 116 valence electrons. The van der Waals surface area contributed by atoms with Crippen molar-refractivity contribution in [1.29, 1.82) is 0 Å². The molecule has 0 radical (unpaired) electrons. The fourth-order valence-electron chi connectivity index (χ4n) is 3.76. The van der Waals surface area contributed by atoms with Crippen LogP contribution in [0.25, 0.3) is 0 Å². The molecule has 0 fully saturated rings. The quantitative estimate of drug-likeness (QED) is 0.734. The number of benzene rings is 2. The average molecular weight is 370 g/mol. The summed E-state index contributed by atoms with van der Waals surface area (Å²) in [7, 11) is 0. The molecule has 0 saturated carbocycles. The molecular weight excluding hydrogens is 354 g/mol. The Labute approximate surface area is 143 Å². The molecule has 2 N–H and O–H groups in total. The van der Waals surface area contributed by atoms with Crippen molar-refractivity contribution in [2.45, 2.75) is 18.4 Å². The zero-order valence-electron chi connectivity index (χ0n) is 12.4. The van der Waals surface area contributed by atoms with Gasteiger partial charge in [-0.3, -0.25) is 0 Å². The standard InChI is InChI=1S/C19H16BrNO2/c20-13-7-8-17-16(10-13)14-5-2-6-15(14)18(21-17)11-3-1-4-12(9-11)19(22)23/h1-5,7-10,14-15,18,21H,6H2,(H,22,23)/t14-,15+,18+/m1/s1. The highest BCUT2D eigenvalue weighted by Gasteiger charge is 2.37. The molecule has 2 aliphatic rings. The van der Waals surface area contributed by atoms with Crippen LogP contribution in [-0.4, -0.2) is 11.1 Å². The molecule has 3 nitrogen and oxygen atoms in total. The number of fused-ring (bicyclic) bond motifs is 3. The molecule has 0 aromatic heterocycles. The van der Waals surface area contributed by atoms with Crippen molar-refractivity contribution in [3.05, 3.63) is 75.8 Å². The maximum absolute atomic E-state index is 11.3. The highest BCUT2D eigenvalue weighted by Crippen LogP contribution is 2.50. The second-order valence-corrected chi connectivity index (χ2v) is 7.05. The van der Waals surface area contributed by atoms with Gasteiger partial charge in [-0.2, -0.15) is 0 Å². The summed E-state index contributed by atoms with van der Waals surface area (Å²) in [5.41, 5.74) is 3.82. The number of allylic oxidation sites excluding steroid dienone is 2. The van der Waals surface area contributed by atoms with E-state index < -0.39 is 5.97 Å². The first-order valence-electron chi connectivity index (χ1n) is 7.69. The second kappa shape index (κ2) is 5.53. The van der Waals surface area contributed by atoms with Crippen molar-refractivity contribution in [3.8, 4) is 0 Å². The SMILES string of the molecule is O=C(O)c1cccc([C@@H]2Nc3ccc(Br)cc3[C@@H]3C=CC[C@@H]32)c1. The number of anilines is 1. The lowest BCUT2D eigenvalue weighted by Crippen LogP contribution is -2.29. The van der Waals surface area contributed by atoms with Crippen LogP contribution < -0.4 is 5.32 Å². The molecule has 4 rings (SSSR count). The maximum Gasteiger partial charge on any atom is 0.335 e. The zero-order chi connectivity index (χ0) is 16.0. The van der Waals surface area contributed by atoms with Gasteiger partial charge in [-0.25, -0.2) is 4.79 Å². The van der Waals surface area contributed by atoms with E-state index in [4.69, 9.17) is 0 Å². The molecular formula is C19H16BrNO2. The predicted molar refractivity (Wildman–Crippen MR) is 93.9 cm³/mol. The molecule has 1 aliphatic heterocycles. The van der Waals surface area contributed by atoms with Crippen molar-refractivity contribution in [3.63, 3.8) is 0 Å². The largest absolute Gasteiger partial charge is 0.478 e. The van der Waals surface area contributed by atoms with Gasteiger partial charge in [0.15, 0.2) is 0 Å². The molecule has 1 aliphatic carbocycles. The van der Waals surface area contributed by atoms with Crippen LogP contribution in [0.15, 0.2) is 59.1 Å². The van der Waals surface area contributed by atoms with Crippen LogP contribution in [0.2, 0.25) is 0 Å². The van der Waals surface area contributed by atoms with E-state index in [1.54, 1.807) is 12.1 Å². The van der Waals surface area contributed by atoms with Crippen molar-refractivity contribution in [2.75, 3.05) is 5.32 Å². The van der Waals surface area contributed by atoms with Crippen LogP contribution >= 0.6 is 15.9 Å². The second-order valence-electron chi connectivity index (χ2n) is 6.14. The number of carbonyl (C=O) groups is 1. The van der Waals surface area contributed by atoms with E-state index in [2.05, 4.69) is 45.5 Å². The van der Waals surface area contributed by atoms with Gasteiger partial charge >= 0.3 is 5.97 Å². The van der Waals surface area contributed by atoms with Gasteiger partial charge in [0.1, 0.15) is 0 Å². The monoisotopic (exact) mass is 369 g/mol. The Morgan fingerprint density at radius 2 is 2.09 bits per heavy atom.